The largest absolute Gasteiger partial charge is 0.331 e. The number of nitrogens with zero attached hydrogens (tertiary/aromatic N) is 3. The smallest absolute Gasteiger partial charge is 0.322 e. The van der Waals surface area contributed by atoms with Gasteiger partial charge in [-0.05, 0) is 103 Å². The summed E-state index contributed by atoms with van der Waals surface area (Å²) in [5.74, 6) is 0.195. The van der Waals surface area contributed by atoms with Gasteiger partial charge in [0.2, 0.25) is 0 Å². The Labute approximate surface area is 226 Å². The lowest BCUT2D eigenvalue weighted by atomic mass is 9.80. The van der Waals surface area contributed by atoms with Gasteiger partial charge in [-0.15, -0.1) is 0 Å². The monoisotopic (exact) mass is 524 g/mol. The minimum atomic E-state index is -0.335. The highest BCUT2D eigenvalue weighted by Gasteiger charge is 2.37. The number of amides is 2. The quantitative estimate of drug-likeness (QED) is 0.293. The van der Waals surface area contributed by atoms with E-state index in [1.54, 1.807) is 31.3 Å². The molecule has 0 aliphatic heterocycles. The molecule has 0 spiro atoms. The Bertz CT molecular complexity index is 1500. The minimum Gasteiger partial charge on any atom is -0.331 e. The molecule has 3 unspecified atom stereocenters. The number of carbonyl (C=O) groups excluding carboxylic acids is 1. The number of carbonyl (C=O) groups is 1. The van der Waals surface area contributed by atoms with Crippen molar-refractivity contribution in [2.45, 2.75) is 31.7 Å². The molecule has 5 nitrogen and oxygen atoms in total. The Morgan fingerprint density at radius 1 is 1.03 bits per heavy atom. The van der Waals surface area contributed by atoms with Crippen LogP contribution in [-0.4, -0.2) is 22.9 Å². The van der Waals surface area contributed by atoms with Crippen LogP contribution in [0.4, 0.5) is 19.3 Å². The molecule has 0 saturated heterocycles. The first-order chi connectivity index (χ1) is 19.0. The lowest BCUT2D eigenvalue weighted by molar-refractivity contribution is 0.239. The Morgan fingerprint density at radius 3 is 2.44 bits per heavy atom. The summed E-state index contributed by atoms with van der Waals surface area (Å²) in [6.45, 7) is 0. The maximum Gasteiger partial charge on any atom is 0.322 e. The molecule has 0 radical (unpaired) electrons. The average Bonchev–Trinajstić information content (AvgIpc) is 3.56. The van der Waals surface area contributed by atoms with Crippen molar-refractivity contribution in [3.63, 3.8) is 0 Å². The van der Waals surface area contributed by atoms with Gasteiger partial charge in [-0.1, -0.05) is 35.9 Å². The molecule has 3 aromatic carbocycles. The third-order valence-corrected chi connectivity index (χ3v) is 8.13. The summed E-state index contributed by atoms with van der Waals surface area (Å²) >= 11 is 0. The van der Waals surface area contributed by atoms with Gasteiger partial charge in [0.05, 0.1) is 23.6 Å². The molecule has 1 N–H and O–H groups in total. The Hall–Kier alpha value is -4.26. The maximum atomic E-state index is 13.5. The van der Waals surface area contributed by atoms with E-state index in [1.165, 1.54) is 40.3 Å². The van der Waals surface area contributed by atoms with Crippen LogP contribution in [0.1, 0.15) is 42.1 Å². The molecule has 2 aliphatic carbocycles. The molecule has 1 saturated carbocycles. The van der Waals surface area contributed by atoms with E-state index in [2.05, 4.69) is 28.6 Å². The van der Waals surface area contributed by atoms with Crippen LogP contribution in [0.5, 0.6) is 0 Å². The van der Waals surface area contributed by atoms with Gasteiger partial charge in [-0.25, -0.2) is 18.3 Å². The Balaban J connectivity index is 1.21. The van der Waals surface area contributed by atoms with Crippen LogP contribution in [0.15, 0.2) is 90.6 Å². The van der Waals surface area contributed by atoms with E-state index in [0.29, 0.717) is 17.5 Å². The molecular formula is C32H30F2N4O. The number of halogens is 2. The normalized spacial score (nSPS) is 18.6. The fraction of sp³-hybridized carbons (Fsp3) is 0.250. The predicted octanol–water partition coefficient (Wildman–Crippen LogP) is 7.09. The van der Waals surface area contributed by atoms with Gasteiger partial charge in [0.25, 0.3) is 0 Å². The van der Waals surface area contributed by atoms with Crippen molar-refractivity contribution in [1.29, 1.82) is 0 Å². The number of anilines is 1. The van der Waals surface area contributed by atoms with Gasteiger partial charge in [0.1, 0.15) is 11.6 Å². The number of nitrogens with one attached hydrogen (secondary N) is 1. The van der Waals surface area contributed by atoms with Gasteiger partial charge in [0.15, 0.2) is 0 Å². The number of benzene rings is 3. The summed E-state index contributed by atoms with van der Waals surface area (Å²) in [5, 5.41) is 7.86. The molecule has 1 heterocycles. The van der Waals surface area contributed by atoms with Gasteiger partial charge in [-0.3, -0.25) is 4.90 Å². The van der Waals surface area contributed by atoms with E-state index < -0.39 is 0 Å². The van der Waals surface area contributed by atoms with Gasteiger partial charge in [-0.2, -0.15) is 5.10 Å². The highest BCUT2D eigenvalue weighted by molar-refractivity contribution is 5.91. The number of aromatic nitrogens is 2. The first kappa shape index (κ1) is 25.0. The lowest BCUT2D eigenvalue weighted by Gasteiger charge is -2.30. The summed E-state index contributed by atoms with van der Waals surface area (Å²) < 4.78 is 28.7. The first-order valence-corrected chi connectivity index (χ1v) is 13.3. The molecule has 7 heteroatoms. The molecule has 2 amide bonds. The second-order valence-electron chi connectivity index (χ2n) is 10.5. The molecule has 0 bridgehead atoms. The van der Waals surface area contributed by atoms with E-state index in [4.69, 9.17) is 0 Å². The number of allylic oxidation sites excluding steroid dienone is 1. The Morgan fingerprint density at radius 2 is 1.72 bits per heavy atom. The predicted molar refractivity (Wildman–Crippen MR) is 149 cm³/mol. The van der Waals surface area contributed by atoms with Crippen molar-refractivity contribution < 1.29 is 13.6 Å². The van der Waals surface area contributed by atoms with Crippen LogP contribution < -0.4 is 10.2 Å². The van der Waals surface area contributed by atoms with Crippen molar-refractivity contribution in [1.82, 2.24) is 15.1 Å². The summed E-state index contributed by atoms with van der Waals surface area (Å²) in [6, 6.07) is 22.0. The van der Waals surface area contributed by atoms with E-state index in [0.717, 1.165) is 42.6 Å². The zero-order valence-corrected chi connectivity index (χ0v) is 21.7. The SMILES string of the molecule is CN(C(=O)NC(CC1CCC2=Cc3c(cnn3-c3ccc(F)cc3)CC21)c1ccccc1)c1ccc(F)cc1. The second kappa shape index (κ2) is 10.5. The standard InChI is InChI=1S/C32H30F2N4O/c1-37(27-13-9-25(33)10-14-27)32(39)36-30(21-5-3-2-4-6-21)18-22-7-8-23-19-31-24(17-29(22)23)20-35-38(31)28-15-11-26(34)12-16-28/h2-6,9-16,19-20,22,29-30H,7-8,17-18H2,1H3,(H,36,39). The zero-order chi connectivity index (χ0) is 26.9. The number of urea groups is 1. The minimum absolute atomic E-state index is 0.158. The van der Waals surface area contributed by atoms with Gasteiger partial charge < -0.3 is 5.32 Å². The van der Waals surface area contributed by atoms with Crippen LogP contribution in [0, 0.1) is 23.5 Å². The van der Waals surface area contributed by atoms with Crippen molar-refractivity contribution in [2.75, 3.05) is 11.9 Å². The van der Waals surface area contributed by atoms with Crippen LogP contribution in [0.25, 0.3) is 11.8 Å². The fourth-order valence-corrected chi connectivity index (χ4v) is 6.00. The van der Waals surface area contributed by atoms with Gasteiger partial charge >= 0.3 is 6.03 Å². The molecular weight excluding hydrogens is 494 g/mol. The number of hydrogen-bond acceptors (Lipinski definition) is 2. The second-order valence-corrected chi connectivity index (χ2v) is 10.5. The fourth-order valence-electron chi connectivity index (χ4n) is 6.00. The molecule has 1 aromatic heterocycles. The summed E-state index contributed by atoms with van der Waals surface area (Å²) in [5.41, 5.74) is 6.22. The average molecular weight is 525 g/mol. The molecule has 1 fully saturated rings. The highest BCUT2D eigenvalue weighted by atomic mass is 19.1. The topological polar surface area (TPSA) is 50.2 Å². The van der Waals surface area contributed by atoms with Crippen molar-refractivity contribution in [2.24, 2.45) is 11.8 Å². The van der Waals surface area contributed by atoms with Crippen molar-refractivity contribution in [3.8, 4) is 5.69 Å². The zero-order valence-electron chi connectivity index (χ0n) is 21.7. The van der Waals surface area contributed by atoms with E-state index in [-0.39, 0.29) is 23.7 Å². The number of rotatable bonds is 6. The van der Waals surface area contributed by atoms with E-state index in [9.17, 15) is 13.6 Å². The van der Waals surface area contributed by atoms with Crippen LogP contribution in [0.3, 0.4) is 0 Å². The molecule has 3 atom stereocenters. The Kier molecular flexibility index (Phi) is 6.73. The summed E-state index contributed by atoms with van der Waals surface area (Å²) in [7, 11) is 1.70. The van der Waals surface area contributed by atoms with Gasteiger partial charge in [0, 0.05) is 12.7 Å². The number of hydrogen-bond donors (Lipinski definition) is 1. The molecule has 198 valence electrons. The van der Waals surface area contributed by atoms with Crippen LogP contribution >= 0.6 is 0 Å². The third-order valence-electron chi connectivity index (χ3n) is 8.13. The summed E-state index contributed by atoms with van der Waals surface area (Å²) in [4.78, 5) is 14.8. The van der Waals surface area contributed by atoms with E-state index in [1.807, 2.05) is 29.1 Å². The molecule has 4 aromatic rings. The third kappa shape index (κ3) is 5.09. The number of fused-ring (bicyclic) bond motifs is 2. The van der Waals surface area contributed by atoms with Crippen molar-refractivity contribution in [3.05, 3.63) is 119 Å². The highest BCUT2D eigenvalue weighted by Crippen LogP contribution is 2.47. The molecule has 6 rings (SSSR count). The lowest BCUT2D eigenvalue weighted by Crippen LogP contribution is -2.40. The van der Waals surface area contributed by atoms with Crippen LogP contribution in [-0.2, 0) is 6.42 Å². The molecule has 2 aliphatic rings. The first-order valence-electron chi connectivity index (χ1n) is 13.3. The van der Waals surface area contributed by atoms with Crippen LogP contribution in [0.2, 0.25) is 0 Å². The van der Waals surface area contributed by atoms with E-state index >= 15 is 0 Å². The maximum absolute atomic E-state index is 13.5. The summed E-state index contributed by atoms with van der Waals surface area (Å²) in [6.07, 6.45) is 7.97. The van der Waals surface area contributed by atoms with Crippen molar-refractivity contribution >= 4 is 17.8 Å². The molecule has 39 heavy (non-hydrogen) atoms.